The van der Waals surface area contributed by atoms with Crippen LogP contribution >= 0.6 is 0 Å². The van der Waals surface area contributed by atoms with Crippen molar-refractivity contribution in [3.63, 3.8) is 0 Å². The van der Waals surface area contributed by atoms with Crippen LogP contribution in [0.25, 0.3) is 0 Å². The van der Waals surface area contributed by atoms with Crippen molar-refractivity contribution in [2.45, 2.75) is 78.1 Å². The summed E-state index contributed by atoms with van der Waals surface area (Å²) < 4.78 is 17.9. The van der Waals surface area contributed by atoms with E-state index in [0.29, 0.717) is 13.2 Å². The lowest BCUT2D eigenvalue weighted by atomic mass is 9.79. The quantitative estimate of drug-likeness (QED) is 0.317. The van der Waals surface area contributed by atoms with E-state index in [4.69, 9.17) is 14.2 Å². The van der Waals surface area contributed by atoms with Gasteiger partial charge in [-0.15, -0.1) is 0 Å². The summed E-state index contributed by atoms with van der Waals surface area (Å²) in [5.74, 6) is 1.88. The molecule has 2 unspecified atom stereocenters. The summed E-state index contributed by atoms with van der Waals surface area (Å²) in [6, 6.07) is 17.1. The molecule has 31 heavy (non-hydrogen) atoms. The first kappa shape index (κ1) is 25.3. The minimum Gasteiger partial charge on any atom is -0.494 e. The zero-order valence-corrected chi connectivity index (χ0v) is 20.5. The molecule has 0 aliphatic rings. The minimum absolute atomic E-state index is 0.0181. The van der Waals surface area contributed by atoms with Gasteiger partial charge in [0.05, 0.1) is 26.4 Å². The monoisotopic (exact) mass is 426 g/mol. The number of benzene rings is 2. The molecule has 3 nitrogen and oxygen atoms in total. The average molecular weight is 427 g/mol. The molecule has 0 spiro atoms. The zero-order valence-electron chi connectivity index (χ0n) is 20.5. The Labute approximate surface area is 190 Å². The van der Waals surface area contributed by atoms with E-state index in [9.17, 15) is 0 Å². The maximum atomic E-state index is 6.38. The van der Waals surface area contributed by atoms with Crippen molar-refractivity contribution in [3.05, 3.63) is 59.7 Å². The molecule has 0 bridgehead atoms. The van der Waals surface area contributed by atoms with Gasteiger partial charge in [0, 0.05) is 10.8 Å². The Bertz CT molecular complexity index is 687. The normalized spacial score (nSPS) is 15.2. The van der Waals surface area contributed by atoms with Gasteiger partial charge in [0.15, 0.2) is 0 Å². The van der Waals surface area contributed by atoms with Gasteiger partial charge in [0.2, 0.25) is 0 Å². The number of hydrogen-bond donors (Lipinski definition) is 0. The van der Waals surface area contributed by atoms with Crippen molar-refractivity contribution in [3.8, 4) is 11.5 Å². The van der Waals surface area contributed by atoms with E-state index in [1.807, 2.05) is 0 Å². The molecule has 2 rings (SSSR count). The fourth-order valence-corrected chi connectivity index (χ4v) is 3.63. The predicted molar refractivity (Wildman–Crippen MR) is 131 cm³/mol. The smallest absolute Gasteiger partial charge is 0.119 e. The van der Waals surface area contributed by atoms with Crippen LogP contribution in [0.15, 0.2) is 48.5 Å². The van der Waals surface area contributed by atoms with Crippen LogP contribution in [0.2, 0.25) is 0 Å². The second kappa shape index (κ2) is 12.1. The maximum absolute atomic E-state index is 6.38. The number of hydrogen-bond acceptors (Lipinski definition) is 3. The average Bonchev–Trinajstić information content (AvgIpc) is 2.81. The summed E-state index contributed by atoms with van der Waals surface area (Å²) in [4.78, 5) is 0. The van der Waals surface area contributed by atoms with E-state index in [-0.39, 0.29) is 10.8 Å². The van der Waals surface area contributed by atoms with Crippen LogP contribution in [-0.4, -0.2) is 26.4 Å². The Kier molecular flexibility index (Phi) is 9.90. The van der Waals surface area contributed by atoms with Crippen LogP contribution in [0.1, 0.15) is 78.4 Å². The third kappa shape index (κ3) is 7.00. The molecule has 0 saturated carbocycles. The van der Waals surface area contributed by atoms with Gasteiger partial charge in [0.25, 0.3) is 0 Å². The van der Waals surface area contributed by atoms with E-state index >= 15 is 0 Å². The molecular weight excluding hydrogens is 384 g/mol. The van der Waals surface area contributed by atoms with Crippen LogP contribution in [0.5, 0.6) is 11.5 Å². The highest BCUT2D eigenvalue weighted by molar-refractivity contribution is 5.33. The van der Waals surface area contributed by atoms with Crippen molar-refractivity contribution in [2.24, 2.45) is 0 Å². The molecule has 0 aliphatic heterocycles. The van der Waals surface area contributed by atoms with E-state index in [1.165, 1.54) is 11.1 Å². The second-order valence-corrected chi connectivity index (χ2v) is 9.07. The molecule has 0 fully saturated rings. The second-order valence-electron chi connectivity index (χ2n) is 9.07. The Balaban J connectivity index is 2.01. The molecule has 0 heterocycles. The molecule has 172 valence electrons. The van der Waals surface area contributed by atoms with E-state index in [0.717, 1.165) is 50.4 Å². The largest absolute Gasteiger partial charge is 0.494 e. The molecule has 0 aliphatic carbocycles. The van der Waals surface area contributed by atoms with Gasteiger partial charge in [-0.25, -0.2) is 0 Å². The maximum Gasteiger partial charge on any atom is 0.119 e. The number of ether oxygens (including phenoxy) is 3. The highest BCUT2D eigenvalue weighted by atomic mass is 16.5. The van der Waals surface area contributed by atoms with Crippen LogP contribution in [-0.2, 0) is 15.6 Å². The van der Waals surface area contributed by atoms with Crippen LogP contribution in [0, 0.1) is 0 Å². The lowest BCUT2D eigenvalue weighted by Crippen LogP contribution is -2.33. The van der Waals surface area contributed by atoms with Crippen molar-refractivity contribution < 1.29 is 14.2 Å². The van der Waals surface area contributed by atoms with Crippen molar-refractivity contribution in [1.29, 1.82) is 0 Å². The van der Waals surface area contributed by atoms with Gasteiger partial charge in [-0.3, -0.25) is 0 Å². The third-order valence-corrected chi connectivity index (χ3v) is 6.45. The standard InChI is InChI=1S/C28H42O3/c1-7-19-30-25-15-11-23(12-16-25)27(5,9-3)21-29-22-28(6,10-4)24-13-17-26(18-14-24)31-20-8-2/h11-18H,7-10,19-22H2,1-6H3. The van der Waals surface area contributed by atoms with E-state index < -0.39 is 0 Å². The summed E-state index contributed by atoms with van der Waals surface area (Å²) in [6.07, 6.45) is 4.09. The first-order valence-corrected chi connectivity index (χ1v) is 11.9. The molecule has 2 aromatic rings. The Morgan fingerprint density at radius 1 is 0.581 bits per heavy atom. The van der Waals surface area contributed by atoms with Gasteiger partial charge < -0.3 is 14.2 Å². The first-order valence-electron chi connectivity index (χ1n) is 11.9. The minimum atomic E-state index is -0.0181. The van der Waals surface area contributed by atoms with Gasteiger partial charge in [-0.1, -0.05) is 65.8 Å². The summed E-state index contributed by atoms with van der Waals surface area (Å²) in [7, 11) is 0. The van der Waals surface area contributed by atoms with Crippen LogP contribution in [0.3, 0.4) is 0 Å². The van der Waals surface area contributed by atoms with Gasteiger partial charge >= 0.3 is 0 Å². The van der Waals surface area contributed by atoms with Crippen molar-refractivity contribution in [2.75, 3.05) is 26.4 Å². The molecule has 0 saturated heterocycles. The Morgan fingerprint density at radius 3 is 1.23 bits per heavy atom. The third-order valence-electron chi connectivity index (χ3n) is 6.45. The van der Waals surface area contributed by atoms with Crippen molar-refractivity contribution >= 4 is 0 Å². The van der Waals surface area contributed by atoms with Gasteiger partial charge in [-0.2, -0.15) is 0 Å². The van der Waals surface area contributed by atoms with Crippen LogP contribution < -0.4 is 9.47 Å². The lowest BCUT2D eigenvalue weighted by molar-refractivity contribution is 0.0510. The summed E-state index contributed by atoms with van der Waals surface area (Å²) in [6.45, 7) is 16.2. The predicted octanol–water partition coefficient (Wildman–Crippen LogP) is 7.32. The SMILES string of the molecule is CCCOc1ccc(C(C)(CC)COCC(C)(CC)c2ccc(OCCC)cc2)cc1. The van der Waals surface area contributed by atoms with Gasteiger partial charge in [-0.05, 0) is 61.1 Å². The Morgan fingerprint density at radius 2 is 0.935 bits per heavy atom. The zero-order chi connectivity index (χ0) is 22.7. The Hall–Kier alpha value is -2.00. The lowest BCUT2D eigenvalue weighted by Gasteiger charge is -2.33. The van der Waals surface area contributed by atoms with Crippen molar-refractivity contribution in [1.82, 2.24) is 0 Å². The molecule has 2 atom stereocenters. The topological polar surface area (TPSA) is 27.7 Å². The van der Waals surface area contributed by atoms with Crippen LogP contribution in [0.4, 0.5) is 0 Å². The number of rotatable bonds is 14. The molecular formula is C28H42O3. The highest BCUT2D eigenvalue weighted by Crippen LogP contribution is 2.33. The highest BCUT2D eigenvalue weighted by Gasteiger charge is 2.29. The molecule has 0 radical (unpaired) electrons. The van der Waals surface area contributed by atoms with E-state index in [1.54, 1.807) is 0 Å². The fourth-order valence-electron chi connectivity index (χ4n) is 3.63. The molecule has 2 aromatic carbocycles. The molecule has 0 amide bonds. The molecule has 0 N–H and O–H groups in total. The summed E-state index contributed by atoms with van der Waals surface area (Å²) >= 11 is 0. The summed E-state index contributed by atoms with van der Waals surface area (Å²) in [5, 5.41) is 0. The van der Waals surface area contributed by atoms with Gasteiger partial charge in [0.1, 0.15) is 11.5 Å². The summed E-state index contributed by atoms with van der Waals surface area (Å²) in [5.41, 5.74) is 2.56. The first-order chi connectivity index (χ1) is 14.9. The molecule has 0 aromatic heterocycles. The fraction of sp³-hybridized carbons (Fsp3) is 0.571. The molecule has 3 heteroatoms. The van der Waals surface area contributed by atoms with E-state index in [2.05, 4.69) is 90.1 Å².